The van der Waals surface area contributed by atoms with Gasteiger partial charge in [-0.2, -0.15) is 5.26 Å². The number of fused-ring (bicyclic) bond motifs is 1. The van der Waals surface area contributed by atoms with Crippen molar-refractivity contribution in [3.63, 3.8) is 0 Å². The number of halogens is 2. The Labute approximate surface area is 222 Å². The Balaban J connectivity index is 1.45. The van der Waals surface area contributed by atoms with Crippen molar-refractivity contribution in [2.24, 2.45) is 10.4 Å². The number of aliphatic hydroxyl groups excluding tert-OH is 1. The highest BCUT2D eigenvalue weighted by molar-refractivity contribution is 5.98. The second-order valence-electron chi connectivity index (χ2n) is 9.49. The molecule has 200 valence electrons. The van der Waals surface area contributed by atoms with Crippen molar-refractivity contribution in [2.45, 2.75) is 20.3 Å². The molecule has 0 spiro atoms. The molecule has 0 aliphatic carbocycles. The summed E-state index contributed by atoms with van der Waals surface area (Å²) in [6.45, 7) is 4.56. The first kappa shape index (κ1) is 26.1. The number of rotatable bonds is 8. The SMILES string of the molecule is CCOc1ncc(-c2c[nH]c3nccc(Oc4c(F)cc(CC5=NCC(C)(CO)CO5)cc4F)c23)cc1C#N. The first-order valence-corrected chi connectivity index (χ1v) is 12.3. The van der Waals surface area contributed by atoms with E-state index in [4.69, 9.17) is 14.2 Å². The van der Waals surface area contributed by atoms with Crippen LogP contribution in [0.15, 0.2) is 47.8 Å². The lowest BCUT2D eigenvalue weighted by Crippen LogP contribution is -2.36. The van der Waals surface area contributed by atoms with E-state index in [2.05, 4.69) is 26.0 Å². The second kappa shape index (κ2) is 10.7. The van der Waals surface area contributed by atoms with E-state index < -0.39 is 22.8 Å². The summed E-state index contributed by atoms with van der Waals surface area (Å²) in [5.74, 6) is -1.62. The van der Waals surface area contributed by atoms with Crippen LogP contribution in [0.3, 0.4) is 0 Å². The number of nitriles is 1. The highest BCUT2D eigenvalue weighted by Crippen LogP contribution is 2.39. The topological polar surface area (TPSA) is 126 Å². The molecule has 39 heavy (non-hydrogen) atoms. The Morgan fingerprint density at radius 1 is 1.23 bits per heavy atom. The van der Waals surface area contributed by atoms with Crippen LogP contribution in [0.4, 0.5) is 8.78 Å². The predicted molar refractivity (Wildman–Crippen MR) is 139 cm³/mol. The van der Waals surface area contributed by atoms with Gasteiger partial charge in [0.2, 0.25) is 5.88 Å². The van der Waals surface area contributed by atoms with Crippen molar-refractivity contribution in [1.29, 1.82) is 5.26 Å². The molecule has 1 atom stereocenters. The summed E-state index contributed by atoms with van der Waals surface area (Å²) < 4.78 is 47.0. The van der Waals surface area contributed by atoms with Crippen LogP contribution in [-0.2, 0) is 11.2 Å². The number of aliphatic imine (C=N–C) groups is 1. The standard InChI is InChI=1S/C28H25F2N5O4/c1-3-37-27-17(10-31)9-18(11-34-27)19-12-33-26-24(19)22(4-5-32-26)39-25-20(29)6-16(7-21(25)30)8-23-35-13-28(2,14-36)15-38-23/h4-7,9,11-12,36H,3,8,13-15H2,1-2H3,(H,32,33). The average Bonchev–Trinajstić information content (AvgIpc) is 3.38. The van der Waals surface area contributed by atoms with E-state index in [1.165, 1.54) is 24.4 Å². The maximum Gasteiger partial charge on any atom is 0.231 e. The number of aromatic nitrogens is 3. The molecule has 0 radical (unpaired) electrons. The van der Waals surface area contributed by atoms with Crippen LogP contribution in [-0.4, -0.2) is 52.3 Å². The molecule has 0 amide bonds. The molecule has 1 aliphatic rings. The number of aromatic amines is 1. The van der Waals surface area contributed by atoms with Crippen molar-refractivity contribution in [1.82, 2.24) is 15.0 Å². The molecule has 9 nitrogen and oxygen atoms in total. The zero-order valence-electron chi connectivity index (χ0n) is 21.3. The van der Waals surface area contributed by atoms with E-state index in [1.54, 1.807) is 25.4 Å². The first-order chi connectivity index (χ1) is 18.8. The van der Waals surface area contributed by atoms with Crippen LogP contribution in [0.5, 0.6) is 17.4 Å². The third kappa shape index (κ3) is 5.24. The maximum atomic E-state index is 15.1. The van der Waals surface area contributed by atoms with Gasteiger partial charge in [-0.15, -0.1) is 0 Å². The molecular formula is C28H25F2N5O4. The minimum absolute atomic E-state index is 0.0707. The van der Waals surface area contributed by atoms with Gasteiger partial charge in [0, 0.05) is 41.6 Å². The highest BCUT2D eigenvalue weighted by atomic mass is 19.1. The number of nitrogens with one attached hydrogen (secondary N) is 1. The molecular weight excluding hydrogens is 508 g/mol. The Hall–Kier alpha value is -4.56. The molecule has 1 unspecified atom stereocenters. The number of nitrogens with zero attached hydrogens (tertiary/aromatic N) is 4. The number of aliphatic hydroxyl groups is 1. The summed E-state index contributed by atoms with van der Waals surface area (Å²) in [4.78, 5) is 15.9. The smallest absolute Gasteiger partial charge is 0.231 e. The molecule has 11 heteroatoms. The van der Waals surface area contributed by atoms with Crippen LogP contribution in [0.25, 0.3) is 22.2 Å². The number of hydrogen-bond acceptors (Lipinski definition) is 8. The van der Waals surface area contributed by atoms with E-state index in [0.29, 0.717) is 46.8 Å². The van der Waals surface area contributed by atoms with Gasteiger partial charge in [-0.1, -0.05) is 6.92 Å². The van der Waals surface area contributed by atoms with Gasteiger partial charge in [0.05, 0.1) is 31.8 Å². The Morgan fingerprint density at radius 2 is 2.03 bits per heavy atom. The lowest BCUT2D eigenvalue weighted by Gasteiger charge is -2.30. The molecule has 3 aromatic heterocycles. The fraction of sp³-hybridized carbons (Fsp3) is 0.286. The van der Waals surface area contributed by atoms with Gasteiger partial charge in [-0.3, -0.25) is 4.99 Å². The van der Waals surface area contributed by atoms with Crippen LogP contribution >= 0.6 is 0 Å². The maximum absolute atomic E-state index is 15.1. The summed E-state index contributed by atoms with van der Waals surface area (Å²) in [6.07, 6.45) is 4.76. The van der Waals surface area contributed by atoms with E-state index in [0.717, 1.165) is 0 Å². The predicted octanol–water partition coefficient (Wildman–Crippen LogP) is 4.94. The number of pyridine rings is 2. The van der Waals surface area contributed by atoms with Gasteiger partial charge in [-0.25, -0.2) is 18.7 Å². The van der Waals surface area contributed by atoms with E-state index in [1.807, 2.05) is 6.92 Å². The van der Waals surface area contributed by atoms with E-state index in [9.17, 15) is 10.4 Å². The quantitative estimate of drug-likeness (QED) is 0.329. The first-order valence-electron chi connectivity index (χ1n) is 12.3. The molecule has 4 heterocycles. The van der Waals surface area contributed by atoms with Gasteiger partial charge in [-0.05, 0) is 36.8 Å². The fourth-order valence-corrected chi connectivity index (χ4v) is 4.20. The van der Waals surface area contributed by atoms with Crippen LogP contribution in [0, 0.1) is 28.4 Å². The Bertz CT molecular complexity index is 1590. The molecule has 2 N–H and O–H groups in total. The van der Waals surface area contributed by atoms with Crippen LogP contribution < -0.4 is 9.47 Å². The number of hydrogen-bond donors (Lipinski definition) is 2. The van der Waals surface area contributed by atoms with Crippen LogP contribution in [0.1, 0.15) is 25.0 Å². The molecule has 0 fully saturated rings. The normalized spacial score (nSPS) is 16.9. The molecule has 1 aliphatic heterocycles. The van der Waals surface area contributed by atoms with Gasteiger partial charge < -0.3 is 24.3 Å². The summed E-state index contributed by atoms with van der Waals surface area (Å²) in [5.41, 5.74) is 1.68. The molecule has 5 rings (SSSR count). The molecule has 0 saturated carbocycles. The fourth-order valence-electron chi connectivity index (χ4n) is 4.20. The van der Waals surface area contributed by atoms with Crippen molar-refractivity contribution < 1.29 is 28.1 Å². The van der Waals surface area contributed by atoms with Gasteiger partial charge in [0.1, 0.15) is 23.0 Å². The zero-order valence-corrected chi connectivity index (χ0v) is 21.3. The zero-order chi connectivity index (χ0) is 27.6. The summed E-state index contributed by atoms with van der Waals surface area (Å²) in [6, 6.07) is 7.54. The van der Waals surface area contributed by atoms with Crippen molar-refractivity contribution in [3.8, 4) is 34.6 Å². The minimum Gasteiger partial charge on any atom is -0.480 e. The second-order valence-corrected chi connectivity index (χ2v) is 9.49. The minimum atomic E-state index is -0.891. The Morgan fingerprint density at radius 3 is 2.69 bits per heavy atom. The number of H-pyrrole nitrogens is 1. The van der Waals surface area contributed by atoms with Gasteiger partial charge in [0.15, 0.2) is 23.3 Å². The van der Waals surface area contributed by atoms with Crippen molar-refractivity contribution >= 4 is 16.9 Å². The highest BCUT2D eigenvalue weighted by Gasteiger charge is 2.29. The monoisotopic (exact) mass is 533 g/mol. The number of ether oxygens (including phenoxy) is 3. The third-order valence-electron chi connectivity index (χ3n) is 6.33. The molecule has 0 bridgehead atoms. The van der Waals surface area contributed by atoms with Crippen molar-refractivity contribution in [3.05, 3.63) is 65.6 Å². The van der Waals surface area contributed by atoms with E-state index in [-0.39, 0.29) is 36.8 Å². The lowest BCUT2D eigenvalue weighted by atomic mass is 9.92. The van der Waals surface area contributed by atoms with Gasteiger partial charge >= 0.3 is 0 Å². The van der Waals surface area contributed by atoms with Crippen LogP contribution in [0.2, 0.25) is 0 Å². The average molecular weight is 534 g/mol. The summed E-state index contributed by atoms with van der Waals surface area (Å²) >= 11 is 0. The summed E-state index contributed by atoms with van der Waals surface area (Å²) in [7, 11) is 0. The molecule has 0 saturated heterocycles. The summed E-state index contributed by atoms with van der Waals surface area (Å²) in [5, 5.41) is 19.4. The largest absolute Gasteiger partial charge is 0.480 e. The molecule has 1 aromatic carbocycles. The number of benzene rings is 1. The van der Waals surface area contributed by atoms with Gasteiger partial charge in [0.25, 0.3) is 0 Å². The third-order valence-corrected chi connectivity index (χ3v) is 6.33. The molecule has 4 aromatic rings. The van der Waals surface area contributed by atoms with Crippen molar-refractivity contribution in [2.75, 3.05) is 26.4 Å². The van der Waals surface area contributed by atoms with E-state index >= 15 is 8.78 Å². The Kier molecular flexibility index (Phi) is 7.13. The lowest BCUT2D eigenvalue weighted by molar-refractivity contribution is 0.0691.